The van der Waals surface area contributed by atoms with Gasteiger partial charge in [-0.05, 0) is 83.5 Å². The Kier molecular flexibility index (Phi) is 63.6. The van der Waals surface area contributed by atoms with Gasteiger partial charge in [-0.3, -0.25) is 14.4 Å². The van der Waals surface area contributed by atoms with Crippen molar-refractivity contribution in [2.24, 2.45) is 0 Å². The van der Waals surface area contributed by atoms with E-state index in [0.29, 0.717) is 19.3 Å². The van der Waals surface area contributed by atoms with Crippen molar-refractivity contribution in [1.82, 2.24) is 0 Å². The van der Waals surface area contributed by atoms with Gasteiger partial charge in [0.1, 0.15) is 13.2 Å². The van der Waals surface area contributed by atoms with Gasteiger partial charge in [-0.25, -0.2) is 0 Å². The molecule has 1 atom stereocenters. The number of ether oxygens (including phenoxy) is 3. The molecule has 0 fully saturated rings. The fraction of sp³-hybridized carbons (Fsp3) is 0.845. The smallest absolute Gasteiger partial charge is 0.306 e. The maximum Gasteiger partial charge on any atom is 0.306 e. The number of hydrogen-bond donors (Lipinski definition) is 0. The summed E-state index contributed by atoms with van der Waals surface area (Å²) >= 11 is 0. The van der Waals surface area contributed by atoms with E-state index in [0.717, 1.165) is 77.0 Å². The average molecular weight is 1080 g/mol. The van der Waals surface area contributed by atoms with Crippen molar-refractivity contribution >= 4 is 17.9 Å². The zero-order chi connectivity index (χ0) is 55.7. The lowest BCUT2D eigenvalue weighted by atomic mass is 10.0. The van der Waals surface area contributed by atoms with Crippen LogP contribution < -0.4 is 0 Å². The molecule has 0 radical (unpaired) electrons. The Bertz CT molecular complexity index is 1330. The predicted octanol–water partition coefficient (Wildman–Crippen LogP) is 23.3. The number of carbonyl (C=O) groups excluding carboxylic acids is 3. The summed E-state index contributed by atoms with van der Waals surface area (Å²) in [7, 11) is 0. The van der Waals surface area contributed by atoms with E-state index in [2.05, 4.69) is 69.4 Å². The van der Waals surface area contributed by atoms with Crippen LogP contribution >= 0.6 is 0 Å². The second-order valence-corrected chi connectivity index (χ2v) is 23.1. The van der Waals surface area contributed by atoms with Gasteiger partial charge in [-0.1, -0.05) is 313 Å². The first-order chi connectivity index (χ1) is 38.0. The Morgan fingerprint density at radius 1 is 0.260 bits per heavy atom. The Labute approximate surface area is 479 Å². The van der Waals surface area contributed by atoms with Gasteiger partial charge in [0.25, 0.3) is 0 Å². The molecule has 6 nitrogen and oxygen atoms in total. The second kappa shape index (κ2) is 65.9. The molecule has 0 spiro atoms. The Morgan fingerprint density at radius 2 is 0.468 bits per heavy atom. The number of carbonyl (C=O) groups is 3. The predicted molar refractivity (Wildman–Crippen MR) is 335 cm³/mol. The fourth-order valence-electron chi connectivity index (χ4n) is 10.2. The first-order valence-corrected chi connectivity index (χ1v) is 34.1. The first kappa shape index (κ1) is 74.4. The van der Waals surface area contributed by atoms with E-state index in [9.17, 15) is 14.4 Å². The minimum absolute atomic E-state index is 0.0742. The van der Waals surface area contributed by atoms with E-state index in [4.69, 9.17) is 14.2 Å². The van der Waals surface area contributed by atoms with E-state index in [1.807, 2.05) is 0 Å². The Morgan fingerprint density at radius 3 is 0.766 bits per heavy atom. The van der Waals surface area contributed by atoms with Crippen LogP contribution in [0.1, 0.15) is 367 Å². The van der Waals surface area contributed by atoms with Crippen LogP contribution in [0.5, 0.6) is 0 Å². The summed E-state index contributed by atoms with van der Waals surface area (Å²) < 4.78 is 17.0. The lowest BCUT2D eigenvalue weighted by Gasteiger charge is -2.18. The molecular formula is C71H130O6. The zero-order valence-electron chi connectivity index (χ0n) is 51.7. The van der Waals surface area contributed by atoms with Gasteiger partial charge in [-0.15, -0.1) is 0 Å². The summed E-state index contributed by atoms with van der Waals surface area (Å²) in [5.74, 6) is -0.862. The molecule has 77 heavy (non-hydrogen) atoms. The van der Waals surface area contributed by atoms with E-state index in [-0.39, 0.29) is 31.1 Å². The van der Waals surface area contributed by atoms with Crippen LogP contribution in [0.2, 0.25) is 0 Å². The molecule has 0 amide bonds. The summed E-state index contributed by atoms with van der Waals surface area (Å²) in [6.07, 6.45) is 82.7. The second-order valence-electron chi connectivity index (χ2n) is 23.1. The van der Waals surface area contributed by atoms with Crippen LogP contribution in [-0.4, -0.2) is 37.2 Å². The highest BCUT2D eigenvalue weighted by atomic mass is 16.6. The summed E-state index contributed by atoms with van der Waals surface area (Å²) in [5, 5.41) is 0. The van der Waals surface area contributed by atoms with Crippen molar-refractivity contribution < 1.29 is 28.6 Å². The lowest BCUT2D eigenvalue weighted by Crippen LogP contribution is -2.30. The van der Waals surface area contributed by atoms with Crippen molar-refractivity contribution in [1.29, 1.82) is 0 Å². The Hall–Kier alpha value is -2.63. The zero-order valence-corrected chi connectivity index (χ0v) is 51.7. The van der Waals surface area contributed by atoms with E-state index in [1.54, 1.807) is 0 Å². The monoisotopic (exact) mass is 1080 g/mol. The van der Waals surface area contributed by atoms with Crippen molar-refractivity contribution in [3.05, 3.63) is 48.6 Å². The van der Waals surface area contributed by atoms with E-state index in [1.165, 1.54) is 250 Å². The van der Waals surface area contributed by atoms with Crippen molar-refractivity contribution in [3.8, 4) is 0 Å². The number of esters is 3. The summed E-state index contributed by atoms with van der Waals surface area (Å²) in [5.41, 5.74) is 0. The van der Waals surface area contributed by atoms with Gasteiger partial charge in [0.05, 0.1) is 0 Å². The van der Waals surface area contributed by atoms with E-state index >= 15 is 0 Å². The van der Waals surface area contributed by atoms with Gasteiger partial charge in [-0.2, -0.15) is 0 Å². The maximum atomic E-state index is 12.9. The third kappa shape index (κ3) is 64.1. The fourth-order valence-corrected chi connectivity index (χ4v) is 10.2. The highest BCUT2D eigenvalue weighted by Gasteiger charge is 2.19. The Balaban J connectivity index is 4.30. The molecular weight excluding hydrogens is 949 g/mol. The number of unbranched alkanes of at least 4 members (excludes halogenated alkanes) is 44. The topological polar surface area (TPSA) is 78.9 Å². The molecule has 0 saturated carbocycles. The number of hydrogen-bond acceptors (Lipinski definition) is 6. The minimum Gasteiger partial charge on any atom is -0.462 e. The standard InChI is InChI=1S/C71H130O6/c1-4-7-10-13-16-19-22-25-28-30-32-33-34-35-36-37-39-40-43-46-49-52-55-58-61-64-70(73)76-67-68(66-75-69(72)63-60-57-54-51-48-45-42-27-24-21-18-15-12-9-6-3)77-71(74)65-62-59-56-53-50-47-44-41-38-31-29-26-23-20-17-14-11-8-5-2/h17,20,26,29-30,32,38,41,68H,4-16,18-19,21-25,27-28,31,33-37,39-40,42-67H2,1-3H3/b20-17-,29-26-,32-30-,41-38-. The third-order valence-corrected chi connectivity index (χ3v) is 15.3. The quantitative estimate of drug-likeness (QED) is 0.0261. The largest absolute Gasteiger partial charge is 0.462 e. The molecule has 0 N–H and O–H groups in total. The molecule has 0 aromatic rings. The van der Waals surface area contributed by atoms with Gasteiger partial charge >= 0.3 is 17.9 Å². The molecule has 6 heteroatoms. The minimum atomic E-state index is -0.779. The van der Waals surface area contributed by atoms with Crippen LogP contribution in [0.4, 0.5) is 0 Å². The molecule has 0 bridgehead atoms. The molecule has 0 rings (SSSR count). The van der Waals surface area contributed by atoms with Crippen LogP contribution in [0, 0.1) is 0 Å². The SMILES string of the molecule is CCCCC/C=C\C/C=C\C/C=C\CCCCCCCCC(=O)OC(COC(=O)CCCCCCCCCCCCCCC/C=C\CCCCCCCCCC)COC(=O)CCCCCCCCCCCCCCCCC. The van der Waals surface area contributed by atoms with Gasteiger partial charge in [0.15, 0.2) is 6.10 Å². The normalized spacial score (nSPS) is 12.3. The van der Waals surface area contributed by atoms with Gasteiger partial charge < -0.3 is 14.2 Å². The molecule has 0 aromatic carbocycles. The first-order valence-electron chi connectivity index (χ1n) is 34.1. The summed E-state index contributed by atoms with van der Waals surface area (Å²) in [4.78, 5) is 38.4. The van der Waals surface area contributed by atoms with E-state index < -0.39 is 6.10 Å². The van der Waals surface area contributed by atoms with Crippen LogP contribution in [0.25, 0.3) is 0 Å². The maximum absolute atomic E-state index is 12.9. The highest BCUT2D eigenvalue weighted by molar-refractivity contribution is 5.71. The molecule has 0 heterocycles. The molecule has 0 aliphatic rings. The van der Waals surface area contributed by atoms with Crippen LogP contribution in [0.3, 0.4) is 0 Å². The summed E-state index contributed by atoms with van der Waals surface area (Å²) in [6.45, 7) is 6.66. The molecule has 0 aliphatic heterocycles. The molecule has 0 aliphatic carbocycles. The molecule has 0 saturated heterocycles. The van der Waals surface area contributed by atoms with Crippen LogP contribution in [-0.2, 0) is 28.6 Å². The number of allylic oxidation sites excluding steroid dienone is 8. The van der Waals surface area contributed by atoms with Crippen molar-refractivity contribution in [2.45, 2.75) is 374 Å². The third-order valence-electron chi connectivity index (χ3n) is 15.3. The average Bonchev–Trinajstić information content (AvgIpc) is 3.43. The van der Waals surface area contributed by atoms with Crippen molar-refractivity contribution in [2.75, 3.05) is 13.2 Å². The molecule has 450 valence electrons. The van der Waals surface area contributed by atoms with Gasteiger partial charge in [0.2, 0.25) is 0 Å². The molecule has 1 unspecified atom stereocenters. The molecule has 0 aromatic heterocycles. The van der Waals surface area contributed by atoms with Crippen molar-refractivity contribution in [3.63, 3.8) is 0 Å². The number of rotatable bonds is 63. The lowest BCUT2D eigenvalue weighted by molar-refractivity contribution is -0.167. The van der Waals surface area contributed by atoms with Crippen LogP contribution in [0.15, 0.2) is 48.6 Å². The highest BCUT2D eigenvalue weighted by Crippen LogP contribution is 2.18. The van der Waals surface area contributed by atoms with Gasteiger partial charge in [0, 0.05) is 19.3 Å². The summed E-state index contributed by atoms with van der Waals surface area (Å²) in [6, 6.07) is 0.